The Bertz CT molecular complexity index is 651. The lowest BCUT2D eigenvalue weighted by Gasteiger charge is -2.44. The third-order valence-electron chi connectivity index (χ3n) is 4.56. The fourth-order valence-electron chi connectivity index (χ4n) is 3.18. The summed E-state index contributed by atoms with van der Waals surface area (Å²) in [6.45, 7) is 6.23. The predicted octanol–water partition coefficient (Wildman–Crippen LogP) is 3.41. The Morgan fingerprint density at radius 3 is 2.74 bits per heavy atom. The van der Waals surface area contributed by atoms with Gasteiger partial charge in [0.25, 0.3) is 5.69 Å². The molecule has 0 unspecified atom stereocenters. The molecule has 0 amide bonds. The fraction of sp³-hybridized carbons (Fsp3) is 0.333. The molecule has 5 heteroatoms. The van der Waals surface area contributed by atoms with Crippen LogP contribution >= 0.6 is 0 Å². The van der Waals surface area contributed by atoms with Crippen molar-refractivity contribution >= 4 is 5.69 Å². The first kappa shape index (κ1) is 15.6. The number of benzene rings is 1. The van der Waals surface area contributed by atoms with Crippen molar-refractivity contribution in [2.24, 2.45) is 0 Å². The van der Waals surface area contributed by atoms with E-state index in [9.17, 15) is 10.1 Å². The molecule has 2 aliphatic rings. The second-order valence-corrected chi connectivity index (χ2v) is 5.84. The highest BCUT2D eigenvalue weighted by Gasteiger charge is 2.35. The zero-order chi connectivity index (χ0) is 16.3. The highest BCUT2D eigenvalue weighted by Crippen LogP contribution is 2.32. The van der Waals surface area contributed by atoms with Crippen LogP contribution in [0.15, 0.2) is 61.2 Å². The summed E-state index contributed by atoms with van der Waals surface area (Å²) in [5, 5.41) is 10.8. The van der Waals surface area contributed by atoms with E-state index in [0.29, 0.717) is 6.61 Å². The van der Waals surface area contributed by atoms with Crippen molar-refractivity contribution in [2.75, 3.05) is 19.7 Å². The molecule has 0 aromatic heterocycles. The van der Waals surface area contributed by atoms with Crippen LogP contribution in [0.4, 0.5) is 5.69 Å². The van der Waals surface area contributed by atoms with Crippen LogP contribution in [0, 0.1) is 10.1 Å². The number of nitro groups is 1. The van der Waals surface area contributed by atoms with Crippen LogP contribution in [0.3, 0.4) is 0 Å². The van der Waals surface area contributed by atoms with Gasteiger partial charge in [0.1, 0.15) is 0 Å². The first-order valence-corrected chi connectivity index (χ1v) is 7.73. The molecule has 5 nitrogen and oxygen atoms in total. The van der Waals surface area contributed by atoms with E-state index < -0.39 is 0 Å². The number of hydrogen-bond donors (Lipinski definition) is 0. The third kappa shape index (κ3) is 3.11. The minimum absolute atomic E-state index is 0.0827. The smallest absolute Gasteiger partial charge is 0.269 e. The monoisotopic (exact) mass is 312 g/mol. The van der Waals surface area contributed by atoms with Crippen LogP contribution in [0.2, 0.25) is 0 Å². The van der Waals surface area contributed by atoms with Crippen molar-refractivity contribution in [1.29, 1.82) is 0 Å². The quantitative estimate of drug-likeness (QED) is 0.486. The molecule has 1 aromatic carbocycles. The molecule has 0 radical (unpaired) electrons. The molecule has 1 heterocycles. The average molecular weight is 312 g/mol. The standard InChI is InChI=1S/C18H20N2O3/c1-2-18(10-4-3-5-11-18)19-12-13-23-17(14-19)15-6-8-16(9-7-15)20(21)22/h2-10,17H,1,11-14H2/t17-,18-/m1/s1. The molecule has 0 saturated carbocycles. The maximum absolute atomic E-state index is 10.8. The van der Waals surface area contributed by atoms with Gasteiger partial charge in [-0.1, -0.05) is 30.4 Å². The lowest BCUT2D eigenvalue weighted by atomic mass is 9.88. The van der Waals surface area contributed by atoms with Crippen LogP contribution in [0.5, 0.6) is 0 Å². The number of nitrogens with zero attached hydrogens (tertiary/aromatic N) is 2. The Balaban J connectivity index is 1.78. The molecule has 1 aliphatic carbocycles. The van der Waals surface area contributed by atoms with E-state index in [-0.39, 0.29) is 22.3 Å². The molecule has 1 fully saturated rings. The predicted molar refractivity (Wildman–Crippen MR) is 89.2 cm³/mol. The number of rotatable bonds is 4. The van der Waals surface area contributed by atoms with E-state index in [1.54, 1.807) is 12.1 Å². The molecule has 2 atom stereocenters. The molecule has 3 rings (SSSR count). The molecule has 1 saturated heterocycles. The topological polar surface area (TPSA) is 55.6 Å². The summed E-state index contributed by atoms with van der Waals surface area (Å²) < 4.78 is 5.89. The van der Waals surface area contributed by atoms with Crippen LogP contribution in [0.25, 0.3) is 0 Å². The van der Waals surface area contributed by atoms with E-state index in [0.717, 1.165) is 25.1 Å². The third-order valence-corrected chi connectivity index (χ3v) is 4.56. The first-order chi connectivity index (χ1) is 11.1. The van der Waals surface area contributed by atoms with Gasteiger partial charge in [-0.15, -0.1) is 6.58 Å². The van der Waals surface area contributed by atoms with E-state index >= 15 is 0 Å². The molecule has 23 heavy (non-hydrogen) atoms. The normalized spacial score (nSPS) is 27.7. The van der Waals surface area contributed by atoms with E-state index in [4.69, 9.17) is 4.74 Å². The van der Waals surface area contributed by atoms with Gasteiger partial charge in [-0.05, 0) is 24.1 Å². The molecular formula is C18H20N2O3. The lowest BCUT2D eigenvalue weighted by Crippen LogP contribution is -2.52. The number of ether oxygens (including phenoxy) is 1. The molecule has 0 bridgehead atoms. The fourth-order valence-corrected chi connectivity index (χ4v) is 3.18. The van der Waals surface area contributed by atoms with Crippen molar-refractivity contribution in [1.82, 2.24) is 4.90 Å². The van der Waals surface area contributed by atoms with Crippen LogP contribution in [-0.2, 0) is 4.74 Å². The van der Waals surface area contributed by atoms with Gasteiger partial charge in [0, 0.05) is 25.2 Å². The molecule has 0 spiro atoms. The summed E-state index contributed by atoms with van der Waals surface area (Å²) in [4.78, 5) is 12.8. The van der Waals surface area contributed by atoms with Crippen molar-refractivity contribution in [2.45, 2.75) is 18.1 Å². The van der Waals surface area contributed by atoms with Crippen LogP contribution < -0.4 is 0 Å². The van der Waals surface area contributed by atoms with E-state index in [2.05, 4.69) is 35.8 Å². The summed E-state index contributed by atoms with van der Waals surface area (Å²) in [6, 6.07) is 6.63. The second kappa shape index (κ2) is 6.48. The van der Waals surface area contributed by atoms with Gasteiger partial charge in [-0.2, -0.15) is 0 Å². The minimum atomic E-state index is -0.385. The Labute approximate surface area is 135 Å². The Hall–Kier alpha value is -2.24. The Morgan fingerprint density at radius 1 is 1.35 bits per heavy atom. The Morgan fingerprint density at radius 2 is 2.13 bits per heavy atom. The number of morpholine rings is 1. The molecular weight excluding hydrogens is 292 g/mol. The highest BCUT2D eigenvalue weighted by molar-refractivity contribution is 5.34. The number of hydrogen-bond acceptors (Lipinski definition) is 4. The van der Waals surface area contributed by atoms with Crippen molar-refractivity contribution in [3.05, 3.63) is 76.9 Å². The average Bonchev–Trinajstić information content (AvgIpc) is 2.62. The number of allylic oxidation sites excluding steroid dienone is 2. The van der Waals surface area contributed by atoms with Crippen LogP contribution in [-0.4, -0.2) is 35.1 Å². The summed E-state index contributed by atoms with van der Waals surface area (Å²) in [6.07, 6.45) is 11.2. The van der Waals surface area contributed by atoms with E-state index in [1.165, 1.54) is 12.1 Å². The van der Waals surface area contributed by atoms with Gasteiger partial charge in [0.05, 0.1) is 23.2 Å². The molecule has 120 valence electrons. The van der Waals surface area contributed by atoms with Gasteiger partial charge in [0.2, 0.25) is 0 Å². The molecule has 1 aliphatic heterocycles. The van der Waals surface area contributed by atoms with Crippen molar-refractivity contribution in [3.63, 3.8) is 0 Å². The zero-order valence-electron chi connectivity index (χ0n) is 12.9. The SMILES string of the molecule is C=C[C@@]1(N2CCO[C@@H](c3ccc([N+](=O)[O-])cc3)C2)C=CC=CC1. The van der Waals surface area contributed by atoms with Gasteiger partial charge in [0.15, 0.2) is 0 Å². The summed E-state index contributed by atoms with van der Waals surface area (Å²) in [5.41, 5.74) is 0.900. The first-order valence-electron chi connectivity index (χ1n) is 7.73. The van der Waals surface area contributed by atoms with Crippen molar-refractivity contribution < 1.29 is 9.66 Å². The molecule has 1 aromatic rings. The van der Waals surface area contributed by atoms with Gasteiger partial charge >= 0.3 is 0 Å². The largest absolute Gasteiger partial charge is 0.371 e. The van der Waals surface area contributed by atoms with Gasteiger partial charge < -0.3 is 4.74 Å². The van der Waals surface area contributed by atoms with Gasteiger partial charge in [-0.3, -0.25) is 15.0 Å². The Kier molecular flexibility index (Phi) is 4.41. The number of non-ortho nitro benzene ring substituents is 1. The number of nitro benzene ring substituents is 1. The van der Waals surface area contributed by atoms with Gasteiger partial charge in [-0.25, -0.2) is 0 Å². The summed E-state index contributed by atoms with van der Waals surface area (Å²) in [7, 11) is 0. The minimum Gasteiger partial charge on any atom is -0.371 e. The summed E-state index contributed by atoms with van der Waals surface area (Å²) in [5.74, 6) is 0. The highest BCUT2D eigenvalue weighted by atomic mass is 16.6. The summed E-state index contributed by atoms with van der Waals surface area (Å²) >= 11 is 0. The lowest BCUT2D eigenvalue weighted by molar-refractivity contribution is -0.384. The van der Waals surface area contributed by atoms with E-state index in [1.807, 2.05) is 6.08 Å². The van der Waals surface area contributed by atoms with Crippen molar-refractivity contribution in [3.8, 4) is 0 Å². The molecule has 0 N–H and O–H groups in total. The van der Waals surface area contributed by atoms with Crippen LogP contribution in [0.1, 0.15) is 18.1 Å². The second-order valence-electron chi connectivity index (χ2n) is 5.84. The maximum Gasteiger partial charge on any atom is 0.269 e. The zero-order valence-corrected chi connectivity index (χ0v) is 12.9. The maximum atomic E-state index is 10.8.